The third-order valence-electron chi connectivity index (χ3n) is 3.47. The van der Waals surface area contributed by atoms with Crippen LogP contribution in [0.2, 0.25) is 0 Å². The largest absolute Gasteiger partial charge is 0.496 e. The van der Waals surface area contributed by atoms with E-state index in [4.69, 9.17) is 4.74 Å². The van der Waals surface area contributed by atoms with Crippen LogP contribution in [0, 0.1) is 13.8 Å². The first-order chi connectivity index (χ1) is 10.6. The third kappa shape index (κ3) is 2.55. The summed E-state index contributed by atoms with van der Waals surface area (Å²) in [7, 11) is 1.56. The van der Waals surface area contributed by atoms with E-state index in [0.717, 1.165) is 27.2 Å². The quantitative estimate of drug-likeness (QED) is 0.789. The van der Waals surface area contributed by atoms with Crippen molar-refractivity contribution in [1.29, 1.82) is 0 Å². The molecule has 4 nitrogen and oxygen atoms in total. The van der Waals surface area contributed by atoms with Crippen LogP contribution in [-0.2, 0) is 0 Å². The molecule has 0 aliphatic carbocycles. The molecule has 0 saturated carbocycles. The zero-order chi connectivity index (χ0) is 15.7. The van der Waals surface area contributed by atoms with E-state index < -0.39 is 0 Å². The Hall–Kier alpha value is -2.40. The number of pyridine rings is 1. The van der Waals surface area contributed by atoms with E-state index in [0.29, 0.717) is 11.3 Å². The van der Waals surface area contributed by atoms with Crippen LogP contribution in [-0.4, -0.2) is 18.0 Å². The van der Waals surface area contributed by atoms with Gasteiger partial charge in [-0.2, -0.15) is 0 Å². The van der Waals surface area contributed by atoms with Gasteiger partial charge in [-0.15, -0.1) is 11.3 Å². The Morgan fingerprint density at radius 2 is 2.05 bits per heavy atom. The third-order valence-corrected chi connectivity index (χ3v) is 4.34. The normalized spacial score (nSPS) is 10.7. The summed E-state index contributed by atoms with van der Waals surface area (Å²) >= 11 is 1.53. The Balaban J connectivity index is 1.98. The van der Waals surface area contributed by atoms with Crippen LogP contribution in [0.5, 0.6) is 5.75 Å². The molecule has 0 bridgehead atoms. The van der Waals surface area contributed by atoms with Crippen LogP contribution in [0.15, 0.2) is 35.7 Å². The molecule has 0 atom stereocenters. The summed E-state index contributed by atoms with van der Waals surface area (Å²) in [4.78, 5) is 18.0. The highest BCUT2D eigenvalue weighted by Crippen LogP contribution is 2.32. The summed E-state index contributed by atoms with van der Waals surface area (Å²) in [5, 5.41) is 5.89. The molecule has 1 amide bonds. The monoisotopic (exact) mass is 312 g/mol. The second-order valence-corrected chi connectivity index (χ2v) is 5.92. The lowest BCUT2D eigenvalue weighted by Gasteiger charge is -2.09. The summed E-state index contributed by atoms with van der Waals surface area (Å²) in [5.41, 5.74) is 3.40. The van der Waals surface area contributed by atoms with Crippen LogP contribution >= 0.6 is 11.3 Å². The molecule has 3 aromatic rings. The summed E-state index contributed by atoms with van der Waals surface area (Å²) in [6, 6.07) is 9.20. The molecular formula is C17H16N2O2S. The average molecular weight is 312 g/mol. The van der Waals surface area contributed by atoms with Gasteiger partial charge < -0.3 is 10.1 Å². The number of ether oxygens (including phenoxy) is 1. The molecule has 112 valence electrons. The number of aromatic nitrogens is 1. The van der Waals surface area contributed by atoms with Gasteiger partial charge in [-0.1, -0.05) is 12.1 Å². The molecule has 0 aliphatic rings. The molecule has 1 aromatic carbocycles. The van der Waals surface area contributed by atoms with E-state index in [1.165, 1.54) is 11.3 Å². The minimum atomic E-state index is -0.183. The first kappa shape index (κ1) is 14.5. The molecule has 2 heterocycles. The molecule has 0 aliphatic heterocycles. The molecule has 1 N–H and O–H groups in total. The predicted octanol–water partition coefficient (Wildman–Crippen LogP) is 4.17. The van der Waals surface area contributed by atoms with Gasteiger partial charge in [0.1, 0.15) is 10.6 Å². The number of benzene rings is 1. The van der Waals surface area contributed by atoms with Gasteiger partial charge in [0.2, 0.25) is 0 Å². The molecule has 0 radical (unpaired) electrons. The highest BCUT2D eigenvalue weighted by atomic mass is 32.1. The predicted molar refractivity (Wildman–Crippen MR) is 90.0 cm³/mol. The van der Waals surface area contributed by atoms with Crippen LogP contribution in [0.3, 0.4) is 0 Å². The molecule has 0 unspecified atom stereocenters. The minimum Gasteiger partial charge on any atom is -0.496 e. The van der Waals surface area contributed by atoms with Crippen molar-refractivity contribution in [1.82, 2.24) is 4.98 Å². The summed E-state index contributed by atoms with van der Waals surface area (Å²) in [6.07, 6.45) is 0. The number of aryl methyl sites for hydroxylation is 2. The number of hydrogen-bond acceptors (Lipinski definition) is 4. The Morgan fingerprint density at radius 1 is 1.27 bits per heavy atom. The van der Waals surface area contributed by atoms with Crippen LogP contribution in [0.4, 0.5) is 5.69 Å². The van der Waals surface area contributed by atoms with Gasteiger partial charge in [-0.25, -0.2) is 4.98 Å². The van der Waals surface area contributed by atoms with E-state index in [1.54, 1.807) is 19.2 Å². The van der Waals surface area contributed by atoms with Gasteiger partial charge in [0.05, 0.1) is 18.4 Å². The molecule has 0 fully saturated rings. The number of amides is 1. The van der Waals surface area contributed by atoms with Crippen molar-refractivity contribution in [3.8, 4) is 5.75 Å². The smallest absolute Gasteiger partial charge is 0.259 e. The van der Waals surface area contributed by atoms with Gasteiger partial charge in [0.15, 0.2) is 0 Å². The zero-order valence-electron chi connectivity index (χ0n) is 12.6. The van der Waals surface area contributed by atoms with Gasteiger partial charge in [0.25, 0.3) is 5.91 Å². The Kier molecular flexibility index (Phi) is 3.81. The highest BCUT2D eigenvalue weighted by Gasteiger charge is 2.15. The van der Waals surface area contributed by atoms with Gasteiger partial charge in [0, 0.05) is 16.5 Å². The van der Waals surface area contributed by atoms with Crippen molar-refractivity contribution < 1.29 is 9.53 Å². The minimum absolute atomic E-state index is 0.183. The van der Waals surface area contributed by atoms with Crippen molar-refractivity contribution in [3.05, 3.63) is 52.5 Å². The van der Waals surface area contributed by atoms with E-state index in [2.05, 4.69) is 10.3 Å². The number of anilines is 1. The summed E-state index contributed by atoms with van der Waals surface area (Å²) in [5.74, 6) is 0.377. The number of carbonyl (C=O) groups excluding carboxylic acids is 1. The van der Waals surface area contributed by atoms with E-state index >= 15 is 0 Å². The molecule has 0 saturated heterocycles. The van der Waals surface area contributed by atoms with Crippen molar-refractivity contribution in [2.75, 3.05) is 12.4 Å². The lowest BCUT2D eigenvalue weighted by molar-refractivity contribution is 0.102. The van der Waals surface area contributed by atoms with Gasteiger partial charge in [-0.3, -0.25) is 4.79 Å². The molecule has 3 rings (SSSR count). The number of nitrogens with zero attached hydrogens (tertiary/aromatic N) is 1. The second kappa shape index (κ2) is 5.77. The zero-order valence-corrected chi connectivity index (χ0v) is 13.5. The van der Waals surface area contributed by atoms with Gasteiger partial charge >= 0.3 is 0 Å². The van der Waals surface area contributed by atoms with E-state index in [1.807, 2.05) is 37.4 Å². The average Bonchev–Trinajstić information content (AvgIpc) is 2.90. The summed E-state index contributed by atoms with van der Waals surface area (Å²) < 4.78 is 5.24. The lowest BCUT2D eigenvalue weighted by atomic mass is 10.1. The molecule has 2 aromatic heterocycles. The molecule has 5 heteroatoms. The maximum atomic E-state index is 12.5. The molecule has 0 spiro atoms. The van der Waals surface area contributed by atoms with Crippen molar-refractivity contribution in [3.63, 3.8) is 0 Å². The number of thiophene rings is 1. The molecular weight excluding hydrogens is 296 g/mol. The number of hydrogen-bond donors (Lipinski definition) is 1. The fourth-order valence-electron chi connectivity index (χ4n) is 2.50. The van der Waals surface area contributed by atoms with Crippen molar-refractivity contribution in [2.24, 2.45) is 0 Å². The SMILES string of the molecule is COc1ccccc1C(=O)Nc1csc2nc(C)cc(C)c12. The first-order valence-electron chi connectivity index (χ1n) is 6.90. The Labute approximate surface area is 132 Å². The highest BCUT2D eigenvalue weighted by molar-refractivity contribution is 7.17. The van der Waals surface area contributed by atoms with Crippen LogP contribution in [0.25, 0.3) is 10.2 Å². The van der Waals surface area contributed by atoms with Crippen molar-refractivity contribution >= 4 is 33.1 Å². The lowest BCUT2D eigenvalue weighted by Crippen LogP contribution is -2.13. The maximum absolute atomic E-state index is 12.5. The Morgan fingerprint density at radius 3 is 2.82 bits per heavy atom. The number of carbonyl (C=O) groups is 1. The fraction of sp³-hybridized carbons (Fsp3) is 0.176. The second-order valence-electron chi connectivity index (χ2n) is 5.06. The fourth-order valence-corrected chi connectivity index (χ4v) is 3.49. The first-order valence-corrected chi connectivity index (χ1v) is 7.78. The summed E-state index contributed by atoms with van der Waals surface area (Å²) in [6.45, 7) is 4.00. The number of para-hydroxylation sites is 1. The number of fused-ring (bicyclic) bond motifs is 1. The van der Waals surface area contributed by atoms with Crippen LogP contribution in [0.1, 0.15) is 21.6 Å². The maximum Gasteiger partial charge on any atom is 0.259 e. The number of nitrogens with one attached hydrogen (secondary N) is 1. The van der Waals surface area contributed by atoms with Crippen molar-refractivity contribution in [2.45, 2.75) is 13.8 Å². The number of rotatable bonds is 3. The molecule has 22 heavy (non-hydrogen) atoms. The topological polar surface area (TPSA) is 51.2 Å². The van der Waals surface area contributed by atoms with Gasteiger partial charge in [-0.05, 0) is 37.6 Å². The Bertz CT molecular complexity index is 855. The van der Waals surface area contributed by atoms with E-state index in [9.17, 15) is 4.79 Å². The standard InChI is InChI=1S/C17H16N2O2S/c1-10-8-11(2)18-17-15(10)13(9-22-17)19-16(20)12-6-4-5-7-14(12)21-3/h4-9H,1-3H3,(H,19,20). The van der Waals surface area contributed by atoms with Crippen LogP contribution < -0.4 is 10.1 Å². The van der Waals surface area contributed by atoms with E-state index in [-0.39, 0.29) is 5.91 Å². The number of methoxy groups -OCH3 is 1.